The summed E-state index contributed by atoms with van der Waals surface area (Å²) < 4.78 is 30.2. The molecule has 33 heavy (non-hydrogen) atoms. The van der Waals surface area contributed by atoms with Crippen LogP contribution in [-0.4, -0.2) is 50.6 Å². The molecule has 2 heterocycles. The number of benzene rings is 2. The Balaban J connectivity index is 1.28. The predicted octanol–water partition coefficient (Wildman–Crippen LogP) is 2.63. The van der Waals surface area contributed by atoms with E-state index < -0.39 is 15.1 Å². The van der Waals surface area contributed by atoms with Crippen LogP contribution in [0.1, 0.15) is 36.8 Å². The Morgan fingerprint density at radius 1 is 1.12 bits per heavy atom. The quantitative estimate of drug-likeness (QED) is 0.384. The first-order chi connectivity index (χ1) is 15.9. The Labute approximate surface area is 194 Å². The third-order valence-corrected chi connectivity index (χ3v) is 8.54. The Hall–Kier alpha value is -3.07. The van der Waals surface area contributed by atoms with Crippen LogP contribution in [0.15, 0.2) is 48.5 Å². The average Bonchev–Trinajstić information content (AvgIpc) is 3.23. The summed E-state index contributed by atoms with van der Waals surface area (Å²) in [5.41, 5.74) is 2.83. The molecule has 0 aromatic heterocycles. The number of carbonyl (C=O) groups is 2. The molecule has 2 saturated heterocycles. The van der Waals surface area contributed by atoms with Gasteiger partial charge < -0.3 is 20.7 Å². The summed E-state index contributed by atoms with van der Waals surface area (Å²) in [6, 6.07) is 14.6. The molecule has 8 nitrogen and oxygen atoms in total. The lowest BCUT2D eigenvalue weighted by molar-refractivity contribution is -0.116. The number of amides is 3. The van der Waals surface area contributed by atoms with Gasteiger partial charge in [-0.1, -0.05) is 36.8 Å². The van der Waals surface area contributed by atoms with E-state index in [2.05, 4.69) is 16.0 Å². The zero-order chi connectivity index (χ0) is 23.4. The first kappa shape index (κ1) is 23.1. The van der Waals surface area contributed by atoms with Gasteiger partial charge in [-0.05, 0) is 36.6 Å². The highest BCUT2D eigenvalue weighted by Gasteiger charge is 2.51. The van der Waals surface area contributed by atoms with E-state index in [-0.39, 0.29) is 29.8 Å². The number of hydrogen-bond donors (Lipinski definition) is 3. The van der Waals surface area contributed by atoms with E-state index in [4.69, 9.17) is 4.74 Å². The van der Waals surface area contributed by atoms with Crippen LogP contribution in [0.5, 0.6) is 5.75 Å². The maximum atomic E-state index is 12.5. The molecule has 3 amide bonds. The molecule has 0 saturated carbocycles. The van der Waals surface area contributed by atoms with Crippen LogP contribution >= 0.6 is 0 Å². The van der Waals surface area contributed by atoms with E-state index in [0.717, 1.165) is 16.9 Å². The predicted molar refractivity (Wildman–Crippen MR) is 126 cm³/mol. The fourth-order valence-corrected chi connectivity index (χ4v) is 6.94. The summed E-state index contributed by atoms with van der Waals surface area (Å²) in [7, 11) is -1.62. The van der Waals surface area contributed by atoms with E-state index in [0.29, 0.717) is 37.8 Å². The van der Waals surface area contributed by atoms with Gasteiger partial charge in [-0.3, -0.25) is 4.79 Å². The maximum Gasteiger partial charge on any atom is 0.315 e. The van der Waals surface area contributed by atoms with Gasteiger partial charge in [-0.2, -0.15) is 0 Å². The number of ether oxygens (including phenoxy) is 1. The summed E-state index contributed by atoms with van der Waals surface area (Å²) in [4.78, 5) is 24.0. The van der Waals surface area contributed by atoms with Crippen molar-refractivity contribution in [2.24, 2.45) is 0 Å². The van der Waals surface area contributed by atoms with Crippen molar-refractivity contribution < 1.29 is 22.7 Å². The lowest BCUT2D eigenvalue weighted by Gasteiger charge is -2.16. The SMILES string of the molecule is COc1ccc(NC(=O)CCCC[C@@H]2[C@@H]3NC(=O)N[C@@H]3CS2(=O)=O)cc1Cc1ccccc1. The molecule has 0 aliphatic carbocycles. The van der Waals surface area contributed by atoms with Crippen LogP contribution in [0.2, 0.25) is 0 Å². The second-order valence-electron chi connectivity index (χ2n) is 8.60. The largest absolute Gasteiger partial charge is 0.496 e. The van der Waals surface area contributed by atoms with Gasteiger partial charge in [-0.15, -0.1) is 0 Å². The molecule has 9 heteroatoms. The van der Waals surface area contributed by atoms with E-state index in [9.17, 15) is 18.0 Å². The third kappa shape index (κ3) is 5.47. The van der Waals surface area contributed by atoms with Crippen molar-refractivity contribution in [3.8, 4) is 5.75 Å². The smallest absolute Gasteiger partial charge is 0.315 e. The number of carbonyl (C=O) groups excluding carboxylic acids is 2. The van der Waals surface area contributed by atoms with E-state index in [1.807, 2.05) is 48.5 Å². The molecule has 0 spiro atoms. The number of sulfone groups is 1. The zero-order valence-corrected chi connectivity index (χ0v) is 19.4. The summed E-state index contributed by atoms with van der Waals surface area (Å²) in [6.45, 7) is 0. The molecule has 2 aliphatic heterocycles. The minimum absolute atomic E-state index is 0.0235. The first-order valence-corrected chi connectivity index (χ1v) is 12.9. The maximum absolute atomic E-state index is 12.5. The molecule has 176 valence electrons. The molecular weight excluding hydrogens is 442 g/mol. The van der Waals surface area contributed by atoms with Gasteiger partial charge in [0.1, 0.15) is 5.75 Å². The Morgan fingerprint density at radius 3 is 2.67 bits per heavy atom. The van der Waals surface area contributed by atoms with Gasteiger partial charge in [0.05, 0.1) is 30.2 Å². The monoisotopic (exact) mass is 471 g/mol. The lowest BCUT2D eigenvalue weighted by atomic mass is 10.0. The van der Waals surface area contributed by atoms with E-state index in [1.54, 1.807) is 7.11 Å². The van der Waals surface area contributed by atoms with Gasteiger partial charge in [0.15, 0.2) is 9.84 Å². The van der Waals surface area contributed by atoms with Crippen molar-refractivity contribution in [2.45, 2.75) is 49.4 Å². The summed E-state index contributed by atoms with van der Waals surface area (Å²) in [5, 5.41) is 7.72. The fourth-order valence-electron chi connectivity index (χ4n) is 4.67. The fraction of sp³-hybridized carbons (Fsp3) is 0.417. The Bertz CT molecular complexity index is 1120. The van der Waals surface area contributed by atoms with Crippen LogP contribution in [0.3, 0.4) is 0 Å². The Kier molecular flexibility index (Phi) is 6.88. The van der Waals surface area contributed by atoms with Crippen molar-refractivity contribution in [1.82, 2.24) is 10.6 Å². The highest BCUT2D eigenvalue weighted by molar-refractivity contribution is 7.92. The summed E-state index contributed by atoms with van der Waals surface area (Å²) in [5.74, 6) is 0.625. The molecule has 2 aromatic rings. The van der Waals surface area contributed by atoms with E-state index in [1.165, 1.54) is 0 Å². The van der Waals surface area contributed by atoms with Gasteiger partial charge in [0.25, 0.3) is 0 Å². The van der Waals surface area contributed by atoms with Gasteiger partial charge >= 0.3 is 6.03 Å². The molecule has 0 unspecified atom stereocenters. The standard InChI is InChI=1S/C24H29N3O5S/c1-32-20-12-11-18(14-17(20)13-16-7-3-2-4-8-16)25-22(28)10-6-5-9-21-23-19(15-33(21,30)31)26-24(29)27-23/h2-4,7-8,11-12,14,19,21,23H,5-6,9-10,13,15H2,1H3,(H,25,28)(H2,26,27,29)/t19-,21-,23-/m1/s1. The van der Waals surface area contributed by atoms with Crippen molar-refractivity contribution in [3.05, 3.63) is 59.7 Å². The number of rotatable bonds is 9. The highest BCUT2D eigenvalue weighted by atomic mass is 32.2. The first-order valence-electron chi connectivity index (χ1n) is 11.1. The van der Waals surface area contributed by atoms with Crippen LogP contribution in [-0.2, 0) is 21.1 Å². The molecule has 2 aliphatic rings. The highest BCUT2D eigenvalue weighted by Crippen LogP contribution is 2.29. The van der Waals surface area contributed by atoms with Gasteiger partial charge in [0.2, 0.25) is 5.91 Å². The van der Waals surface area contributed by atoms with Crippen molar-refractivity contribution in [2.75, 3.05) is 18.2 Å². The number of urea groups is 1. The van der Waals surface area contributed by atoms with Crippen LogP contribution in [0, 0.1) is 0 Å². The van der Waals surface area contributed by atoms with Gasteiger partial charge in [-0.25, -0.2) is 13.2 Å². The van der Waals surface area contributed by atoms with Crippen molar-refractivity contribution in [1.29, 1.82) is 0 Å². The molecule has 0 radical (unpaired) electrons. The second-order valence-corrected chi connectivity index (χ2v) is 10.9. The lowest BCUT2D eigenvalue weighted by Crippen LogP contribution is -2.39. The normalized spacial score (nSPS) is 22.8. The molecular formula is C24H29N3O5S. The van der Waals surface area contributed by atoms with Gasteiger partial charge in [0, 0.05) is 24.1 Å². The third-order valence-electron chi connectivity index (χ3n) is 6.27. The molecule has 3 atom stereocenters. The number of methoxy groups -OCH3 is 1. The number of anilines is 1. The number of nitrogens with one attached hydrogen (secondary N) is 3. The second kappa shape index (κ2) is 9.82. The zero-order valence-electron chi connectivity index (χ0n) is 18.5. The van der Waals surface area contributed by atoms with Crippen LogP contribution < -0.4 is 20.7 Å². The van der Waals surface area contributed by atoms with E-state index >= 15 is 0 Å². The number of fused-ring (bicyclic) bond motifs is 1. The summed E-state index contributed by atoms with van der Waals surface area (Å²) >= 11 is 0. The topological polar surface area (TPSA) is 114 Å². The molecule has 2 aromatic carbocycles. The average molecular weight is 472 g/mol. The van der Waals surface area contributed by atoms with Crippen LogP contribution in [0.25, 0.3) is 0 Å². The van der Waals surface area contributed by atoms with Crippen molar-refractivity contribution >= 4 is 27.5 Å². The molecule has 3 N–H and O–H groups in total. The molecule has 2 fully saturated rings. The summed E-state index contributed by atoms with van der Waals surface area (Å²) in [6.07, 6.45) is 2.59. The minimum Gasteiger partial charge on any atom is -0.496 e. The number of unbranched alkanes of at least 4 members (excludes halogenated alkanes) is 1. The van der Waals surface area contributed by atoms with Crippen molar-refractivity contribution in [3.63, 3.8) is 0 Å². The van der Waals surface area contributed by atoms with Crippen LogP contribution in [0.4, 0.5) is 10.5 Å². The molecule has 0 bridgehead atoms. The Morgan fingerprint density at radius 2 is 1.91 bits per heavy atom. The number of hydrogen-bond acceptors (Lipinski definition) is 5. The molecule has 4 rings (SSSR count). The minimum atomic E-state index is -3.25.